The summed E-state index contributed by atoms with van der Waals surface area (Å²) in [7, 11) is 4.14. The number of hydrogen-bond donors (Lipinski definition) is 1. The first kappa shape index (κ1) is 17.9. The summed E-state index contributed by atoms with van der Waals surface area (Å²) in [6.45, 7) is 4.94. The van der Waals surface area contributed by atoms with Gasteiger partial charge in [0.2, 0.25) is 0 Å². The number of likely N-dealkylation sites (N-methyl/N-ethyl adjacent to an activating group) is 2. The molecule has 0 bridgehead atoms. The van der Waals surface area contributed by atoms with Crippen LogP contribution >= 0.6 is 0 Å². The standard InChI is InChI=1S/C20H25N9/c1-26-7-9-28(10-8-26)18-11-16(3-4-21-18)25-19-20-23-13-17(29(20)6-5-22-19)15-12-24-27(2)14-15/h3-6,11-13,15H,7-10,14H2,1-2H3,(H,21,22,25). The third kappa shape index (κ3) is 3.49. The van der Waals surface area contributed by atoms with Crippen LogP contribution in [0.2, 0.25) is 0 Å². The maximum absolute atomic E-state index is 4.63. The fraction of sp³-hybridized carbons (Fsp3) is 0.400. The van der Waals surface area contributed by atoms with Gasteiger partial charge in [-0.05, 0) is 13.1 Å². The maximum atomic E-state index is 4.63. The van der Waals surface area contributed by atoms with E-state index in [2.05, 4.69) is 52.7 Å². The Balaban J connectivity index is 1.40. The van der Waals surface area contributed by atoms with Crippen LogP contribution in [0.4, 0.5) is 17.3 Å². The first-order chi connectivity index (χ1) is 14.2. The van der Waals surface area contributed by atoms with E-state index in [0.29, 0.717) is 0 Å². The van der Waals surface area contributed by atoms with Gasteiger partial charge in [0.15, 0.2) is 11.5 Å². The second-order valence-electron chi connectivity index (χ2n) is 7.68. The summed E-state index contributed by atoms with van der Waals surface area (Å²) < 4.78 is 2.09. The molecule has 2 aliphatic rings. The van der Waals surface area contributed by atoms with Crippen LogP contribution in [0.15, 0.2) is 42.0 Å². The molecule has 1 unspecified atom stereocenters. The Bertz CT molecular complexity index is 1040. The monoisotopic (exact) mass is 391 g/mol. The van der Waals surface area contributed by atoms with Crippen molar-refractivity contribution >= 4 is 29.2 Å². The Morgan fingerprint density at radius 2 is 1.90 bits per heavy atom. The van der Waals surface area contributed by atoms with E-state index in [9.17, 15) is 0 Å². The summed E-state index contributed by atoms with van der Waals surface area (Å²) in [4.78, 5) is 18.4. The lowest BCUT2D eigenvalue weighted by atomic mass is 10.1. The number of aromatic nitrogens is 4. The van der Waals surface area contributed by atoms with E-state index in [-0.39, 0.29) is 5.92 Å². The van der Waals surface area contributed by atoms with Crippen LogP contribution in [-0.2, 0) is 0 Å². The number of piperazine rings is 1. The number of anilines is 3. The molecule has 2 aliphatic heterocycles. The molecule has 1 fully saturated rings. The highest BCUT2D eigenvalue weighted by atomic mass is 15.4. The largest absolute Gasteiger partial charge is 0.354 e. The third-order valence-electron chi connectivity index (χ3n) is 5.58. The van der Waals surface area contributed by atoms with Crippen LogP contribution < -0.4 is 10.2 Å². The van der Waals surface area contributed by atoms with E-state index in [1.165, 1.54) is 0 Å². The fourth-order valence-electron chi connectivity index (χ4n) is 3.89. The smallest absolute Gasteiger partial charge is 0.180 e. The van der Waals surface area contributed by atoms with Crippen molar-refractivity contribution in [3.05, 3.63) is 42.6 Å². The molecule has 1 atom stereocenters. The number of imidazole rings is 1. The minimum Gasteiger partial charge on any atom is -0.354 e. The van der Waals surface area contributed by atoms with Crippen molar-refractivity contribution in [3.8, 4) is 0 Å². The van der Waals surface area contributed by atoms with Gasteiger partial charge < -0.3 is 15.1 Å². The number of hydrogen-bond acceptors (Lipinski definition) is 8. The van der Waals surface area contributed by atoms with E-state index in [0.717, 1.165) is 61.4 Å². The van der Waals surface area contributed by atoms with Gasteiger partial charge in [0.25, 0.3) is 0 Å². The van der Waals surface area contributed by atoms with E-state index < -0.39 is 0 Å². The molecule has 3 aromatic heterocycles. The Morgan fingerprint density at radius 3 is 2.69 bits per heavy atom. The predicted octanol–water partition coefficient (Wildman–Crippen LogP) is 1.63. The molecule has 1 saturated heterocycles. The average molecular weight is 391 g/mol. The number of hydrazone groups is 1. The zero-order chi connectivity index (χ0) is 19.8. The molecule has 29 heavy (non-hydrogen) atoms. The molecule has 3 aromatic rings. The Labute approximate surface area is 169 Å². The van der Waals surface area contributed by atoms with E-state index >= 15 is 0 Å². The molecule has 9 nitrogen and oxygen atoms in total. The zero-order valence-corrected chi connectivity index (χ0v) is 16.7. The molecule has 0 aromatic carbocycles. The van der Waals surface area contributed by atoms with Gasteiger partial charge in [0, 0.05) is 76.3 Å². The molecule has 0 saturated carbocycles. The lowest BCUT2D eigenvalue weighted by Gasteiger charge is -2.33. The van der Waals surface area contributed by atoms with Gasteiger partial charge in [0.05, 0.1) is 17.8 Å². The molecule has 0 spiro atoms. The lowest BCUT2D eigenvalue weighted by molar-refractivity contribution is 0.312. The predicted molar refractivity (Wildman–Crippen MR) is 114 cm³/mol. The summed E-state index contributed by atoms with van der Waals surface area (Å²) in [5.41, 5.74) is 2.89. The van der Waals surface area contributed by atoms with Crippen molar-refractivity contribution in [1.29, 1.82) is 0 Å². The van der Waals surface area contributed by atoms with Crippen molar-refractivity contribution in [3.63, 3.8) is 0 Å². The van der Waals surface area contributed by atoms with Crippen molar-refractivity contribution in [2.24, 2.45) is 5.10 Å². The van der Waals surface area contributed by atoms with Gasteiger partial charge in [-0.2, -0.15) is 5.10 Å². The van der Waals surface area contributed by atoms with Crippen LogP contribution in [0.5, 0.6) is 0 Å². The first-order valence-electron chi connectivity index (χ1n) is 9.91. The highest BCUT2D eigenvalue weighted by Crippen LogP contribution is 2.26. The summed E-state index contributed by atoms with van der Waals surface area (Å²) >= 11 is 0. The lowest BCUT2D eigenvalue weighted by Crippen LogP contribution is -2.44. The summed E-state index contributed by atoms with van der Waals surface area (Å²) in [6.07, 6.45) is 9.50. The van der Waals surface area contributed by atoms with Crippen molar-refractivity contribution in [2.45, 2.75) is 5.92 Å². The van der Waals surface area contributed by atoms with Crippen LogP contribution in [0.3, 0.4) is 0 Å². The van der Waals surface area contributed by atoms with Gasteiger partial charge in [-0.3, -0.25) is 9.41 Å². The zero-order valence-electron chi connectivity index (χ0n) is 16.7. The second-order valence-corrected chi connectivity index (χ2v) is 7.68. The van der Waals surface area contributed by atoms with Gasteiger partial charge in [0.1, 0.15) is 5.82 Å². The number of nitrogens with one attached hydrogen (secondary N) is 1. The molecule has 1 N–H and O–H groups in total. The normalized spacial score (nSPS) is 20.0. The Hall–Kier alpha value is -3.20. The topological polar surface area (TPSA) is 77.2 Å². The van der Waals surface area contributed by atoms with E-state index in [1.807, 2.05) is 42.9 Å². The van der Waals surface area contributed by atoms with Gasteiger partial charge in [-0.15, -0.1) is 0 Å². The maximum Gasteiger partial charge on any atom is 0.180 e. The minimum absolute atomic E-state index is 0.231. The number of pyridine rings is 1. The molecule has 0 amide bonds. The summed E-state index contributed by atoms with van der Waals surface area (Å²) in [5, 5.41) is 9.73. The number of fused-ring (bicyclic) bond motifs is 1. The first-order valence-corrected chi connectivity index (χ1v) is 9.91. The third-order valence-corrected chi connectivity index (χ3v) is 5.58. The highest BCUT2D eigenvalue weighted by molar-refractivity contribution is 5.74. The summed E-state index contributed by atoms with van der Waals surface area (Å²) in [5.74, 6) is 1.96. The highest BCUT2D eigenvalue weighted by Gasteiger charge is 2.21. The van der Waals surface area contributed by atoms with Crippen LogP contribution in [0.25, 0.3) is 5.65 Å². The van der Waals surface area contributed by atoms with Crippen molar-refractivity contribution in [2.75, 3.05) is 57.0 Å². The van der Waals surface area contributed by atoms with Crippen LogP contribution in [0.1, 0.15) is 11.6 Å². The molecule has 0 aliphatic carbocycles. The van der Waals surface area contributed by atoms with Gasteiger partial charge in [-0.1, -0.05) is 0 Å². The molecular formula is C20H25N9. The average Bonchev–Trinajstić information content (AvgIpc) is 3.35. The minimum atomic E-state index is 0.231. The molecule has 9 heteroatoms. The van der Waals surface area contributed by atoms with Gasteiger partial charge in [-0.25, -0.2) is 15.0 Å². The molecule has 150 valence electrons. The van der Waals surface area contributed by atoms with Crippen LogP contribution in [-0.4, -0.2) is 82.3 Å². The molecule has 5 heterocycles. The van der Waals surface area contributed by atoms with Crippen LogP contribution in [0, 0.1) is 0 Å². The quantitative estimate of drug-likeness (QED) is 0.724. The molecule has 0 radical (unpaired) electrons. The van der Waals surface area contributed by atoms with E-state index in [1.54, 1.807) is 6.20 Å². The Kier molecular flexibility index (Phi) is 4.51. The molecular weight excluding hydrogens is 366 g/mol. The Morgan fingerprint density at radius 1 is 1.03 bits per heavy atom. The molecule has 5 rings (SSSR count). The fourth-order valence-corrected chi connectivity index (χ4v) is 3.89. The SMILES string of the molecule is CN1CCN(c2cc(Nc3nccn4c(C5C=NN(C)C5)cnc34)ccn2)CC1. The number of rotatable bonds is 4. The summed E-state index contributed by atoms with van der Waals surface area (Å²) in [6, 6.07) is 4.05. The van der Waals surface area contributed by atoms with Gasteiger partial charge >= 0.3 is 0 Å². The number of nitrogens with zero attached hydrogens (tertiary/aromatic N) is 8. The van der Waals surface area contributed by atoms with E-state index in [4.69, 9.17) is 0 Å². The van der Waals surface area contributed by atoms with Crippen molar-refractivity contribution < 1.29 is 0 Å². The second kappa shape index (κ2) is 7.32. The van der Waals surface area contributed by atoms with Crippen molar-refractivity contribution in [1.82, 2.24) is 29.3 Å².